The molecule has 0 fully saturated rings. The summed E-state index contributed by atoms with van der Waals surface area (Å²) < 4.78 is 16.7. The highest BCUT2D eigenvalue weighted by Crippen LogP contribution is 2.13. The molecule has 0 bridgehead atoms. The third kappa shape index (κ3) is 47.1. The molecule has 0 aromatic heterocycles. The molecule has 0 aliphatic rings. The number of esters is 3. The van der Waals surface area contributed by atoms with Crippen LogP contribution in [-0.4, -0.2) is 37.2 Å². The minimum absolute atomic E-state index is 0.109. The van der Waals surface area contributed by atoms with Crippen molar-refractivity contribution in [3.8, 4) is 0 Å². The highest BCUT2D eigenvalue weighted by Gasteiger charge is 2.19. The highest BCUT2D eigenvalue weighted by molar-refractivity contribution is 5.71. The van der Waals surface area contributed by atoms with E-state index in [1.54, 1.807) is 0 Å². The van der Waals surface area contributed by atoms with Gasteiger partial charge < -0.3 is 14.2 Å². The Morgan fingerprint density at radius 3 is 1.05 bits per heavy atom. The van der Waals surface area contributed by atoms with E-state index >= 15 is 0 Å². The van der Waals surface area contributed by atoms with Gasteiger partial charge in [-0.15, -0.1) is 0 Å². The molecule has 0 rings (SSSR count). The highest BCUT2D eigenvalue weighted by atomic mass is 16.6. The van der Waals surface area contributed by atoms with Gasteiger partial charge in [0.05, 0.1) is 0 Å². The zero-order chi connectivity index (χ0) is 45.1. The summed E-state index contributed by atoms with van der Waals surface area (Å²) in [5.74, 6) is -0.987. The summed E-state index contributed by atoms with van der Waals surface area (Å²) in [6, 6.07) is 0. The molecular weight excluding hydrogens is 769 g/mol. The van der Waals surface area contributed by atoms with E-state index < -0.39 is 6.10 Å². The molecule has 0 aliphatic heterocycles. The molecule has 0 aliphatic carbocycles. The number of allylic oxidation sites excluding steroid dienone is 18. The van der Waals surface area contributed by atoms with E-state index in [0.717, 1.165) is 103 Å². The predicted molar refractivity (Wildman–Crippen MR) is 265 cm³/mol. The first-order valence-corrected chi connectivity index (χ1v) is 25.0. The summed E-state index contributed by atoms with van der Waals surface area (Å²) in [6.07, 6.45) is 66.4. The number of carbonyl (C=O) groups is 3. The van der Waals surface area contributed by atoms with Crippen molar-refractivity contribution in [1.82, 2.24) is 0 Å². The molecule has 1 atom stereocenters. The summed E-state index contributed by atoms with van der Waals surface area (Å²) in [7, 11) is 0. The third-order valence-electron chi connectivity index (χ3n) is 10.2. The molecule has 6 heteroatoms. The van der Waals surface area contributed by atoms with E-state index in [1.165, 1.54) is 57.8 Å². The van der Waals surface area contributed by atoms with Crippen molar-refractivity contribution in [1.29, 1.82) is 0 Å². The Kier molecular flexibility index (Phi) is 46.6. The van der Waals surface area contributed by atoms with E-state index in [-0.39, 0.29) is 37.5 Å². The minimum atomic E-state index is -0.813. The number of rotatable bonds is 43. The molecule has 0 radical (unpaired) electrons. The second kappa shape index (κ2) is 49.7. The maximum absolute atomic E-state index is 12.8. The quantitative estimate of drug-likeness (QED) is 0.0200. The normalized spacial score (nSPS) is 13.0. The predicted octanol–water partition coefficient (Wildman–Crippen LogP) is 16.4. The fraction of sp³-hybridized carbons (Fsp3) is 0.625. The van der Waals surface area contributed by atoms with Crippen molar-refractivity contribution in [2.24, 2.45) is 0 Å². The average molecular weight is 859 g/mol. The first-order chi connectivity index (χ1) is 30.5. The first-order valence-electron chi connectivity index (χ1n) is 25.0. The van der Waals surface area contributed by atoms with Gasteiger partial charge in [0.25, 0.3) is 0 Å². The molecule has 6 nitrogen and oxygen atoms in total. The van der Waals surface area contributed by atoms with Gasteiger partial charge in [0.15, 0.2) is 6.10 Å². The van der Waals surface area contributed by atoms with Crippen LogP contribution in [-0.2, 0) is 28.6 Å². The van der Waals surface area contributed by atoms with Gasteiger partial charge in [-0.2, -0.15) is 0 Å². The Hall–Kier alpha value is -3.93. The van der Waals surface area contributed by atoms with Crippen LogP contribution in [0.3, 0.4) is 0 Å². The fourth-order valence-electron chi connectivity index (χ4n) is 6.46. The Morgan fingerprint density at radius 2 is 0.645 bits per heavy atom. The molecule has 0 amide bonds. The van der Waals surface area contributed by atoms with Gasteiger partial charge in [-0.3, -0.25) is 14.4 Å². The van der Waals surface area contributed by atoms with E-state index in [2.05, 4.69) is 75.5 Å². The molecule has 0 saturated heterocycles. The Morgan fingerprint density at radius 1 is 0.339 bits per heavy atom. The van der Waals surface area contributed by atoms with E-state index in [1.807, 2.05) is 54.7 Å². The summed E-state index contributed by atoms with van der Waals surface area (Å²) in [5.41, 5.74) is 0. The zero-order valence-electron chi connectivity index (χ0n) is 39.8. The molecule has 350 valence electrons. The van der Waals surface area contributed by atoms with Crippen LogP contribution in [0.15, 0.2) is 109 Å². The average Bonchev–Trinajstić information content (AvgIpc) is 3.27. The van der Waals surface area contributed by atoms with Crippen molar-refractivity contribution in [3.63, 3.8) is 0 Å². The van der Waals surface area contributed by atoms with Crippen molar-refractivity contribution >= 4 is 17.9 Å². The van der Waals surface area contributed by atoms with Gasteiger partial charge in [0.1, 0.15) is 13.2 Å². The van der Waals surface area contributed by atoms with Crippen LogP contribution >= 0.6 is 0 Å². The molecule has 62 heavy (non-hydrogen) atoms. The van der Waals surface area contributed by atoms with Gasteiger partial charge in [-0.05, 0) is 83.5 Å². The summed E-state index contributed by atoms with van der Waals surface area (Å²) in [4.78, 5) is 37.9. The molecule has 0 aromatic carbocycles. The van der Waals surface area contributed by atoms with Crippen molar-refractivity contribution < 1.29 is 28.6 Å². The second-order valence-electron chi connectivity index (χ2n) is 16.1. The number of carbonyl (C=O) groups excluding carboxylic acids is 3. The van der Waals surface area contributed by atoms with E-state index in [0.29, 0.717) is 19.3 Å². The first kappa shape index (κ1) is 58.1. The number of unbranched alkanes of at least 4 members (excludes halogenated alkanes) is 20. The van der Waals surface area contributed by atoms with E-state index in [4.69, 9.17) is 14.2 Å². The number of hydrogen-bond acceptors (Lipinski definition) is 6. The molecule has 0 heterocycles. The van der Waals surface area contributed by atoms with Gasteiger partial charge in [0, 0.05) is 19.3 Å². The van der Waals surface area contributed by atoms with E-state index in [9.17, 15) is 14.4 Å². The van der Waals surface area contributed by atoms with Crippen LogP contribution in [0.2, 0.25) is 0 Å². The largest absolute Gasteiger partial charge is 0.462 e. The lowest BCUT2D eigenvalue weighted by Gasteiger charge is -2.18. The second-order valence-corrected chi connectivity index (χ2v) is 16.1. The fourth-order valence-corrected chi connectivity index (χ4v) is 6.46. The molecule has 0 aromatic rings. The van der Waals surface area contributed by atoms with Gasteiger partial charge in [-0.25, -0.2) is 0 Å². The standard InChI is InChI=1S/C56H90O6/c1-4-7-10-13-16-19-22-25-27-29-31-34-37-40-43-46-49-55(58)61-52-53(51-60-54(57)48-45-42-39-36-33-30-24-21-18-15-12-9-6-3)62-56(59)50-47-44-41-38-35-32-28-26-23-20-17-14-11-8-5-2/h8-9,11-12,14-15,17-18,20-21,23-24,26-29,32,35,53H,4-7,10,13,16,19,22,25,30-31,33-34,36-52H2,1-3H3/b11-8+,12-9+,17-14+,18-15+,23-20+,24-21+,28-26+,29-27+,35-32+. The van der Waals surface area contributed by atoms with Crippen LogP contribution < -0.4 is 0 Å². The summed E-state index contributed by atoms with van der Waals surface area (Å²) in [6.45, 7) is 6.28. The van der Waals surface area contributed by atoms with Crippen LogP contribution in [0.25, 0.3) is 0 Å². The smallest absolute Gasteiger partial charge is 0.306 e. The molecule has 0 saturated carbocycles. The molecule has 1 unspecified atom stereocenters. The number of hydrogen-bond donors (Lipinski definition) is 0. The third-order valence-corrected chi connectivity index (χ3v) is 10.2. The van der Waals surface area contributed by atoms with Gasteiger partial charge >= 0.3 is 17.9 Å². The van der Waals surface area contributed by atoms with Crippen molar-refractivity contribution in [3.05, 3.63) is 109 Å². The monoisotopic (exact) mass is 859 g/mol. The molecule has 0 spiro atoms. The topological polar surface area (TPSA) is 78.9 Å². The lowest BCUT2D eigenvalue weighted by atomic mass is 10.1. The lowest BCUT2D eigenvalue weighted by molar-refractivity contribution is -0.167. The van der Waals surface area contributed by atoms with Crippen LogP contribution in [0.1, 0.15) is 207 Å². The maximum Gasteiger partial charge on any atom is 0.306 e. The maximum atomic E-state index is 12.8. The van der Waals surface area contributed by atoms with Crippen LogP contribution in [0, 0.1) is 0 Å². The minimum Gasteiger partial charge on any atom is -0.462 e. The molecular formula is C56H90O6. The Bertz CT molecular complexity index is 1310. The Balaban J connectivity index is 4.52. The van der Waals surface area contributed by atoms with Crippen molar-refractivity contribution in [2.75, 3.05) is 13.2 Å². The lowest BCUT2D eigenvalue weighted by Crippen LogP contribution is -2.30. The van der Waals surface area contributed by atoms with Crippen LogP contribution in [0.4, 0.5) is 0 Å². The number of ether oxygens (including phenoxy) is 3. The SMILES string of the molecule is CC/C=C/C=C/C=C/C=C/C=C/CCCCCC(=O)OC(COC(=O)CCCCCCC/C=C/C=C/C=C/CC)COC(=O)CCCCCCC/C=C/CCCCCCCCC. The molecule has 0 N–H and O–H groups in total. The van der Waals surface area contributed by atoms with Crippen molar-refractivity contribution in [2.45, 2.75) is 213 Å². The summed E-state index contributed by atoms with van der Waals surface area (Å²) in [5, 5.41) is 0. The zero-order valence-corrected chi connectivity index (χ0v) is 39.8. The Labute approximate surface area is 380 Å². The van der Waals surface area contributed by atoms with Gasteiger partial charge in [0.2, 0.25) is 0 Å². The summed E-state index contributed by atoms with van der Waals surface area (Å²) >= 11 is 0. The van der Waals surface area contributed by atoms with Crippen LogP contribution in [0.5, 0.6) is 0 Å². The van der Waals surface area contributed by atoms with Gasteiger partial charge in [-0.1, -0.05) is 214 Å².